The predicted octanol–water partition coefficient (Wildman–Crippen LogP) is 3.95. The van der Waals surface area contributed by atoms with Crippen LogP contribution in [0.3, 0.4) is 0 Å². The molecule has 8 nitrogen and oxygen atoms in total. The molecular weight excluding hydrogens is 406 g/mol. The Balaban J connectivity index is 1.31. The normalized spacial score (nSPS) is 14.9. The maximum Gasteiger partial charge on any atom is 0.266 e. The molecule has 0 saturated carbocycles. The van der Waals surface area contributed by atoms with Gasteiger partial charge < -0.3 is 19.4 Å². The third kappa shape index (κ3) is 3.93. The summed E-state index contributed by atoms with van der Waals surface area (Å²) in [5.41, 5.74) is 2.22. The number of ether oxygens (including phenoxy) is 2. The zero-order chi connectivity index (χ0) is 21.9. The zero-order valence-electron chi connectivity index (χ0n) is 17.4. The average molecular weight is 427 g/mol. The number of nitrogens with one attached hydrogen (secondary N) is 1. The number of nitrogens with zero attached hydrogens (tertiary/aromatic N) is 4. The Hall–Kier alpha value is -4.12. The molecule has 0 saturated heterocycles. The molecular formula is C24H21N5O3. The summed E-state index contributed by atoms with van der Waals surface area (Å²) in [7, 11) is 0. The first kappa shape index (κ1) is 19.8. The van der Waals surface area contributed by atoms with E-state index in [-0.39, 0.29) is 12.4 Å². The summed E-state index contributed by atoms with van der Waals surface area (Å²) in [4.78, 5) is 12.6. The van der Waals surface area contributed by atoms with Gasteiger partial charge in [-0.15, -0.1) is 10.2 Å². The largest absolute Gasteiger partial charge is 0.454 e. The van der Waals surface area contributed by atoms with Crippen molar-refractivity contribution in [1.82, 2.24) is 14.8 Å². The van der Waals surface area contributed by atoms with Gasteiger partial charge in [0.1, 0.15) is 17.5 Å². The van der Waals surface area contributed by atoms with Gasteiger partial charge in [0.05, 0.1) is 0 Å². The standard InChI is InChI=1S/C24H21N5O3/c25-14-18(12-16-5-10-20-21(13-16)32-15-31-20)24(30)26-19-8-6-17(7-9-19)23-28-27-22-4-2-1-3-11-29(22)23/h5-10,12-13H,1-4,11,15H2,(H,26,30). The molecule has 0 bridgehead atoms. The molecule has 2 aliphatic rings. The van der Waals surface area contributed by atoms with E-state index in [1.807, 2.05) is 18.2 Å². The molecule has 0 unspecified atom stereocenters. The first-order valence-electron chi connectivity index (χ1n) is 10.6. The molecule has 1 amide bonds. The van der Waals surface area contributed by atoms with Crippen LogP contribution in [0.4, 0.5) is 5.69 Å². The van der Waals surface area contributed by atoms with Crippen LogP contribution in [0.15, 0.2) is 48.0 Å². The number of hydrogen-bond acceptors (Lipinski definition) is 6. The van der Waals surface area contributed by atoms with E-state index in [0.717, 1.165) is 43.0 Å². The Morgan fingerprint density at radius 3 is 2.75 bits per heavy atom. The number of benzene rings is 2. The van der Waals surface area contributed by atoms with Crippen LogP contribution < -0.4 is 14.8 Å². The molecule has 0 aliphatic carbocycles. The molecule has 8 heteroatoms. The zero-order valence-corrected chi connectivity index (χ0v) is 17.4. The van der Waals surface area contributed by atoms with E-state index in [1.165, 1.54) is 12.5 Å². The highest BCUT2D eigenvalue weighted by molar-refractivity contribution is 6.09. The van der Waals surface area contributed by atoms with Gasteiger partial charge in [-0.2, -0.15) is 5.26 Å². The van der Waals surface area contributed by atoms with E-state index < -0.39 is 5.91 Å². The second kappa shape index (κ2) is 8.55. The third-order valence-electron chi connectivity index (χ3n) is 5.58. The van der Waals surface area contributed by atoms with Crippen molar-refractivity contribution in [1.29, 1.82) is 5.26 Å². The van der Waals surface area contributed by atoms with Gasteiger partial charge in [-0.3, -0.25) is 4.79 Å². The lowest BCUT2D eigenvalue weighted by Gasteiger charge is -2.08. The summed E-state index contributed by atoms with van der Waals surface area (Å²) in [5.74, 6) is 2.64. The molecule has 3 aromatic rings. The first-order chi connectivity index (χ1) is 15.7. The van der Waals surface area contributed by atoms with Gasteiger partial charge in [-0.25, -0.2) is 0 Å². The van der Waals surface area contributed by atoms with Gasteiger partial charge in [0.25, 0.3) is 5.91 Å². The van der Waals surface area contributed by atoms with Crippen molar-refractivity contribution in [3.05, 3.63) is 59.4 Å². The van der Waals surface area contributed by atoms with Crippen molar-refractivity contribution < 1.29 is 14.3 Å². The first-order valence-corrected chi connectivity index (χ1v) is 10.6. The van der Waals surface area contributed by atoms with Crippen molar-refractivity contribution in [3.8, 4) is 29.0 Å². The second-order valence-electron chi connectivity index (χ2n) is 7.72. The number of aryl methyl sites for hydroxylation is 1. The Labute approximate surface area is 185 Å². The van der Waals surface area contributed by atoms with Crippen molar-refractivity contribution in [3.63, 3.8) is 0 Å². The number of amides is 1. The molecule has 2 aromatic carbocycles. The molecule has 2 aliphatic heterocycles. The molecule has 32 heavy (non-hydrogen) atoms. The fourth-order valence-electron chi connectivity index (χ4n) is 3.92. The lowest BCUT2D eigenvalue weighted by molar-refractivity contribution is -0.112. The minimum Gasteiger partial charge on any atom is -0.454 e. The van der Waals surface area contributed by atoms with E-state index in [0.29, 0.717) is 22.7 Å². The summed E-state index contributed by atoms with van der Waals surface area (Å²) in [6.07, 6.45) is 5.95. The van der Waals surface area contributed by atoms with Gasteiger partial charge in [0, 0.05) is 24.2 Å². The van der Waals surface area contributed by atoms with Gasteiger partial charge in [-0.05, 0) is 60.9 Å². The number of rotatable bonds is 4. The van der Waals surface area contributed by atoms with Crippen LogP contribution in [0, 0.1) is 11.3 Å². The Kier molecular flexibility index (Phi) is 5.30. The van der Waals surface area contributed by atoms with E-state index >= 15 is 0 Å². The number of hydrogen-bond donors (Lipinski definition) is 1. The minimum absolute atomic E-state index is 0.00396. The van der Waals surface area contributed by atoms with Gasteiger partial charge in [-0.1, -0.05) is 12.5 Å². The summed E-state index contributed by atoms with van der Waals surface area (Å²) < 4.78 is 12.8. The average Bonchev–Trinajstić information content (AvgIpc) is 3.38. The number of nitriles is 1. The van der Waals surface area contributed by atoms with Gasteiger partial charge >= 0.3 is 0 Å². The SMILES string of the molecule is N#CC(=Cc1ccc2c(c1)OCO2)C(=O)Nc1ccc(-c2nnc3n2CCCCC3)cc1. The molecule has 0 spiro atoms. The smallest absolute Gasteiger partial charge is 0.266 e. The lowest BCUT2D eigenvalue weighted by Crippen LogP contribution is -2.13. The van der Waals surface area contributed by atoms with E-state index in [2.05, 4.69) is 20.1 Å². The molecule has 0 fully saturated rings. The van der Waals surface area contributed by atoms with E-state index in [1.54, 1.807) is 30.3 Å². The fourth-order valence-corrected chi connectivity index (χ4v) is 3.92. The van der Waals surface area contributed by atoms with Crippen molar-refractivity contribution in [2.24, 2.45) is 0 Å². The van der Waals surface area contributed by atoms with Crippen molar-refractivity contribution >= 4 is 17.7 Å². The van der Waals surface area contributed by atoms with Gasteiger partial charge in [0.2, 0.25) is 6.79 Å². The van der Waals surface area contributed by atoms with Crippen molar-refractivity contribution in [2.75, 3.05) is 12.1 Å². The second-order valence-corrected chi connectivity index (χ2v) is 7.72. The fraction of sp³-hybridized carbons (Fsp3) is 0.250. The van der Waals surface area contributed by atoms with E-state index in [4.69, 9.17) is 9.47 Å². The molecule has 1 N–H and O–H groups in total. The van der Waals surface area contributed by atoms with Crippen LogP contribution in [0.1, 0.15) is 30.7 Å². The Morgan fingerprint density at radius 2 is 1.91 bits per heavy atom. The maximum atomic E-state index is 12.6. The van der Waals surface area contributed by atoms with Crippen LogP contribution >= 0.6 is 0 Å². The lowest BCUT2D eigenvalue weighted by atomic mass is 10.1. The summed E-state index contributed by atoms with van der Waals surface area (Å²) in [5, 5.41) is 21.0. The van der Waals surface area contributed by atoms with Gasteiger partial charge in [0.15, 0.2) is 17.3 Å². The van der Waals surface area contributed by atoms with Crippen LogP contribution in [0.25, 0.3) is 17.5 Å². The predicted molar refractivity (Wildman–Crippen MR) is 118 cm³/mol. The highest BCUT2D eigenvalue weighted by Crippen LogP contribution is 2.33. The monoisotopic (exact) mass is 427 g/mol. The molecule has 0 atom stereocenters. The van der Waals surface area contributed by atoms with E-state index in [9.17, 15) is 10.1 Å². The van der Waals surface area contributed by atoms with Crippen LogP contribution in [-0.2, 0) is 17.8 Å². The highest BCUT2D eigenvalue weighted by atomic mass is 16.7. The highest BCUT2D eigenvalue weighted by Gasteiger charge is 2.17. The topological polar surface area (TPSA) is 102 Å². The van der Waals surface area contributed by atoms with Crippen LogP contribution in [0.2, 0.25) is 0 Å². The molecule has 1 aromatic heterocycles. The summed E-state index contributed by atoms with van der Waals surface area (Å²) in [6, 6.07) is 14.7. The van der Waals surface area contributed by atoms with Crippen LogP contribution in [-0.4, -0.2) is 27.5 Å². The van der Waals surface area contributed by atoms with Crippen LogP contribution in [0.5, 0.6) is 11.5 Å². The quantitative estimate of drug-likeness (QED) is 0.500. The molecule has 5 rings (SSSR count). The minimum atomic E-state index is -0.478. The maximum absolute atomic E-state index is 12.6. The summed E-state index contributed by atoms with van der Waals surface area (Å²) >= 11 is 0. The number of fused-ring (bicyclic) bond motifs is 2. The molecule has 0 radical (unpaired) electrons. The Bertz CT molecular complexity index is 1240. The number of carbonyl (C=O) groups is 1. The number of aromatic nitrogens is 3. The Morgan fingerprint density at radius 1 is 1.06 bits per heavy atom. The number of carbonyl (C=O) groups excluding carboxylic acids is 1. The third-order valence-corrected chi connectivity index (χ3v) is 5.58. The molecule has 160 valence electrons. The number of anilines is 1. The summed E-state index contributed by atoms with van der Waals surface area (Å²) in [6.45, 7) is 1.09. The van der Waals surface area contributed by atoms with Crippen molar-refractivity contribution in [2.45, 2.75) is 32.2 Å². The molecule has 3 heterocycles.